The number of aliphatic carboxylic acids is 1. The van der Waals surface area contributed by atoms with E-state index in [0.717, 1.165) is 5.69 Å². The molecule has 8 nitrogen and oxygen atoms in total. The molecule has 1 aromatic heterocycles. The Morgan fingerprint density at radius 2 is 2.00 bits per heavy atom. The van der Waals surface area contributed by atoms with Crippen LogP contribution in [-0.2, 0) is 9.53 Å². The van der Waals surface area contributed by atoms with Gasteiger partial charge in [0.25, 0.3) is 5.91 Å². The van der Waals surface area contributed by atoms with Gasteiger partial charge in [0.2, 0.25) is 0 Å². The standard InChI is InChI=1S/C16H20N4O4/c1-11-14(18-19-20(11)12-7-5-4-6-8-12)15(23)17-16(2,10-24-3)9-13(21)22/h4-8H,9-10H2,1-3H3,(H,17,23)(H,21,22). The Morgan fingerprint density at radius 3 is 2.58 bits per heavy atom. The van der Waals surface area contributed by atoms with Gasteiger partial charge >= 0.3 is 5.97 Å². The molecule has 0 aliphatic carbocycles. The normalized spacial score (nSPS) is 13.3. The van der Waals surface area contributed by atoms with Gasteiger partial charge in [0, 0.05) is 7.11 Å². The monoisotopic (exact) mass is 332 g/mol. The fraction of sp³-hybridized carbons (Fsp3) is 0.375. The molecule has 0 aliphatic rings. The highest BCUT2D eigenvalue weighted by molar-refractivity contribution is 5.94. The minimum atomic E-state index is -1.04. The number of carboxylic acids is 1. The van der Waals surface area contributed by atoms with E-state index >= 15 is 0 Å². The van der Waals surface area contributed by atoms with Crippen LogP contribution in [-0.4, -0.2) is 51.2 Å². The van der Waals surface area contributed by atoms with Crippen LogP contribution in [0.25, 0.3) is 5.69 Å². The van der Waals surface area contributed by atoms with Crippen molar-refractivity contribution in [2.24, 2.45) is 0 Å². The number of para-hydroxylation sites is 1. The molecule has 0 saturated carbocycles. The molecular formula is C16H20N4O4. The largest absolute Gasteiger partial charge is 0.481 e. The van der Waals surface area contributed by atoms with Gasteiger partial charge in [0.1, 0.15) is 0 Å². The molecule has 1 atom stereocenters. The van der Waals surface area contributed by atoms with Crippen LogP contribution >= 0.6 is 0 Å². The first-order chi connectivity index (χ1) is 11.4. The summed E-state index contributed by atoms with van der Waals surface area (Å²) in [6, 6.07) is 9.30. The van der Waals surface area contributed by atoms with Gasteiger partial charge in [-0.15, -0.1) is 5.10 Å². The topological polar surface area (TPSA) is 106 Å². The number of ether oxygens (including phenoxy) is 1. The highest BCUT2D eigenvalue weighted by Gasteiger charge is 2.31. The van der Waals surface area contributed by atoms with Gasteiger partial charge in [-0.25, -0.2) is 4.68 Å². The van der Waals surface area contributed by atoms with E-state index in [0.29, 0.717) is 5.69 Å². The molecule has 24 heavy (non-hydrogen) atoms. The molecule has 0 spiro atoms. The number of hydrogen-bond acceptors (Lipinski definition) is 5. The summed E-state index contributed by atoms with van der Waals surface area (Å²) in [6.45, 7) is 3.41. The van der Waals surface area contributed by atoms with E-state index in [-0.39, 0.29) is 18.7 Å². The van der Waals surface area contributed by atoms with Crippen molar-refractivity contribution in [1.82, 2.24) is 20.3 Å². The summed E-state index contributed by atoms with van der Waals surface area (Å²) in [5.41, 5.74) is 0.452. The maximum Gasteiger partial charge on any atom is 0.305 e. The Hall–Kier alpha value is -2.74. The zero-order chi connectivity index (χ0) is 17.7. The number of methoxy groups -OCH3 is 1. The molecule has 2 N–H and O–H groups in total. The van der Waals surface area contributed by atoms with Gasteiger partial charge in [-0.3, -0.25) is 9.59 Å². The fourth-order valence-corrected chi connectivity index (χ4v) is 2.47. The zero-order valence-corrected chi connectivity index (χ0v) is 13.8. The van der Waals surface area contributed by atoms with E-state index in [9.17, 15) is 9.59 Å². The molecule has 0 aliphatic heterocycles. The molecule has 0 bridgehead atoms. The van der Waals surface area contributed by atoms with Crippen LogP contribution in [0.15, 0.2) is 30.3 Å². The molecular weight excluding hydrogens is 312 g/mol. The SMILES string of the molecule is COCC(C)(CC(=O)O)NC(=O)c1nnn(-c2ccccc2)c1C. The van der Waals surface area contributed by atoms with Crippen molar-refractivity contribution in [1.29, 1.82) is 0 Å². The smallest absolute Gasteiger partial charge is 0.305 e. The van der Waals surface area contributed by atoms with Crippen molar-refractivity contribution in [3.05, 3.63) is 41.7 Å². The van der Waals surface area contributed by atoms with Crippen LogP contribution < -0.4 is 5.32 Å². The second-order valence-electron chi connectivity index (χ2n) is 5.79. The lowest BCUT2D eigenvalue weighted by Crippen LogP contribution is -2.51. The lowest BCUT2D eigenvalue weighted by molar-refractivity contribution is -0.139. The maximum atomic E-state index is 12.5. The number of nitrogens with zero attached hydrogens (tertiary/aromatic N) is 3. The quantitative estimate of drug-likeness (QED) is 0.789. The average molecular weight is 332 g/mol. The van der Waals surface area contributed by atoms with E-state index in [1.54, 1.807) is 18.5 Å². The predicted octanol–water partition coefficient (Wildman–Crippen LogP) is 1.19. The molecule has 1 amide bonds. The Balaban J connectivity index is 2.24. The number of nitrogens with one attached hydrogen (secondary N) is 1. The number of carbonyl (C=O) groups is 2. The Labute approximate surface area is 139 Å². The second-order valence-corrected chi connectivity index (χ2v) is 5.79. The van der Waals surface area contributed by atoms with Crippen LogP contribution in [0.4, 0.5) is 0 Å². The van der Waals surface area contributed by atoms with Crippen LogP contribution in [0.2, 0.25) is 0 Å². The minimum Gasteiger partial charge on any atom is -0.481 e. The first-order valence-electron chi connectivity index (χ1n) is 7.37. The molecule has 0 radical (unpaired) electrons. The summed E-state index contributed by atoms with van der Waals surface area (Å²) in [5, 5.41) is 19.6. The molecule has 128 valence electrons. The van der Waals surface area contributed by atoms with E-state index < -0.39 is 17.4 Å². The van der Waals surface area contributed by atoms with Crippen LogP contribution in [0.1, 0.15) is 29.5 Å². The van der Waals surface area contributed by atoms with Gasteiger partial charge < -0.3 is 15.2 Å². The fourth-order valence-electron chi connectivity index (χ4n) is 2.47. The van der Waals surface area contributed by atoms with E-state index in [4.69, 9.17) is 9.84 Å². The highest BCUT2D eigenvalue weighted by atomic mass is 16.5. The summed E-state index contributed by atoms with van der Waals surface area (Å²) in [7, 11) is 1.45. The number of carboxylic acid groups (broad SMARTS) is 1. The third-order valence-electron chi connectivity index (χ3n) is 3.53. The summed E-state index contributed by atoms with van der Waals surface area (Å²) in [6.07, 6.45) is -0.265. The van der Waals surface area contributed by atoms with Crippen LogP contribution in [0, 0.1) is 6.92 Å². The van der Waals surface area contributed by atoms with E-state index in [1.165, 1.54) is 7.11 Å². The number of benzene rings is 1. The summed E-state index contributed by atoms with van der Waals surface area (Å²) in [4.78, 5) is 23.5. The summed E-state index contributed by atoms with van der Waals surface area (Å²) >= 11 is 0. The van der Waals surface area contributed by atoms with E-state index in [1.807, 2.05) is 30.3 Å². The van der Waals surface area contributed by atoms with Crippen LogP contribution in [0.3, 0.4) is 0 Å². The molecule has 8 heteroatoms. The van der Waals surface area contributed by atoms with Crippen molar-refractivity contribution in [3.8, 4) is 5.69 Å². The molecule has 2 rings (SSSR count). The number of hydrogen-bond donors (Lipinski definition) is 2. The van der Waals surface area contributed by atoms with Crippen molar-refractivity contribution in [3.63, 3.8) is 0 Å². The third kappa shape index (κ3) is 3.96. The first-order valence-corrected chi connectivity index (χ1v) is 7.37. The average Bonchev–Trinajstić information content (AvgIpc) is 2.89. The Kier molecular flexibility index (Phi) is 5.30. The van der Waals surface area contributed by atoms with Gasteiger partial charge in [-0.2, -0.15) is 0 Å². The van der Waals surface area contributed by atoms with Gasteiger partial charge in [-0.1, -0.05) is 23.4 Å². The molecule has 0 fully saturated rings. The minimum absolute atomic E-state index is 0.0664. The van der Waals surface area contributed by atoms with Crippen molar-refractivity contribution < 1.29 is 19.4 Å². The number of amides is 1. The molecule has 1 aromatic carbocycles. The number of rotatable bonds is 7. The predicted molar refractivity (Wildman–Crippen MR) is 86.1 cm³/mol. The zero-order valence-electron chi connectivity index (χ0n) is 13.8. The second kappa shape index (κ2) is 7.22. The maximum absolute atomic E-state index is 12.5. The van der Waals surface area contributed by atoms with E-state index in [2.05, 4.69) is 15.6 Å². The number of carbonyl (C=O) groups excluding carboxylic acids is 1. The lowest BCUT2D eigenvalue weighted by Gasteiger charge is -2.28. The Bertz CT molecular complexity index is 729. The number of aromatic nitrogens is 3. The summed E-state index contributed by atoms with van der Waals surface area (Å²) in [5.74, 6) is -1.52. The first kappa shape index (κ1) is 17.6. The molecule has 1 heterocycles. The van der Waals surface area contributed by atoms with Crippen molar-refractivity contribution in [2.45, 2.75) is 25.8 Å². The van der Waals surface area contributed by atoms with Crippen molar-refractivity contribution in [2.75, 3.05) is 13.7 Å². The Morgan fingerprint density at radius 1 is 1.33 bits per heavy atom. The summed E-state index contributed by atoms with van der Waals surface area (Å²) < 4.78 is 6.59. The molecule has 2 aromatic rings. The van der Waals surface area contributed by atoms with Gasteiger partial charge in [0.15, 0.2) is 5.69 Å². The van der Waals surface area contributed by atoms with Crippen LogP contribution in [0.5, 0.6) is 0 Å². The van der Waals surface area contributed by atoms with Gasteiger partial charge in [-0.05, 0) is 26.0 Å². The molecule has 1 unspecified atom stereocenters. The molecule has 0 saturated heterocycles. The van der Waals surface area contributed by atoms with Crippen molar-refractivity contribution >= 4 is 11.9 Å². The lowest BCUT2D eigenvalue weighted by atomic mass is 9.98. The highest BCUT2D eigenvalue weighted by Crippen LogP contribution is 2.15. The third-order valence-corrected chi connectivity index (χ3v) is 3.53. The van der Waals surface area contributed by atoms with Gasteiger partial charge in [0.05, 0.1) is 29.9 Å².